The predicted octanol–water partition coefficient (Wildman–Crippen LogP) is -0.0758. The van der Waals surface area contributed by atoms with E-state index in [9.17, 15) is 4.79 Å². The first kappa shape index (κ1) is 4.78. The first-order chi connectivity index (χ1) is 3.34. The first-order valence-electron chi connectivity index (χ1n) is 2.57. The first-order valence-corrected chi connectivity index (χ1v) is 2.57. The van der Waals surface area contributed by atoms with E-state index in [2.05, 4.69) is 0 Å². The number of rotatable bonds is 1. The van der Waals surface area contributed by atoms with Gasteiger partial charge < -0.3 is 5.73 Å². The Balaban J connectivity index is 2.29. The Bertz CT molecular complexity index is 88.1. The molecule has 0 spiro atoms. The number of hydrogen-bond acceptors (Lipinski definition) is 2. The van der Waals surface area contributed by atoms with Crippen LogP contribution in [0.1, 0.15) is 12.8 Å². The highest BCUT2D eigenvalue weighted by molar-refractivity contribution is 5.86. The monoisotopic (exact) mass is 99.1 g/mol. The van der Waals surface area contributed by atoms with Gasteiger partial charge in [0.2, 0.25) is 0 Å². The van der Waals surface area contributed by atoms with E-state index in [4.69, 9.17) is 5.73 Å². The van der Waals surface area contributed by atoms with Crippen LogP contribution in [0.4, 0.5) is 0 Å². The van der Waals surface area contributed by atoms with Crippen molar-refractivity contribution >= 4 is 5.78 Å². The third kappa shape index (κ3) is 0.657. The molecule has 1 atom stereocenters. The van der Waals surface area contributed by atoms with Gasteiger partial charge in [-0.2, -0.15) is 0 Å². The molecule has 0 aromatic heterocycles. The van der Waals surface area contributed by atoms with Crippen molar-refractivity contribution in [3.8, 4) is 0 Å². The second kappa shape index (κ2) is 1.62. The number of ketones is 1. The molecule has 0 aromatic carbocycles. The van der Waals surface area contributed by atoms with Gasteiger partial charge in [-0.15, -0.1) is 0 Å². The second-order valence-electron chi connectivity index (χ2n) is 1.94. The van der Waals surface area contributed by atoms with Crippen molar-refractivity contribution in [2.24, 2.45) is 11.7 Å². The van der Waals surface area contributed by atoms with E-state index in [1.54, 1.807) is 0 Å². The lowest BCUT2D eigenvalue weighted by Crippen LogP contribution is -2.32. The lowest BCUT2D eigenvalue weighted by Gasteiger charge is -2.20. The van der Waals surface area contributed by atoms with Crippen LogP contribution in [0, 0.1) is 5.92 Å². The summed E-state index contributed by atoms with van der Waals surface area (Å²) < 4.78 is 0. The SMILES string of the molecule is NCC1CCC1=O. The zero-order valence-corrected chi connectivity index (χ0v) is 4.18. The van der Waals surface area contributed by atoms with Crippen LogP contribution in [0.5, 0.6) is 0 Å². The highest BCUT2D eigenvalue weighted by Crippen LogP contribution is 2.19. The Morgan fingerprint density at radius 1 is 1.86 bits per heavy atom. The summed E-state index contributed by atoms with van der Waals surface area (Å²) in [6, 6.07) is 0. The molecule has 40 valence electrons. The third-order valence-corrected chi connectivity index (χ3v) is 1.48. The number of Topliss-reactive ketones (excluding diaryl/α,β-unsaturated/α-hetero) is 1. The summed E-state index contributed by atoms with van der Waals surface area (Å²) in [5, 5.41) is 0. The van der Waals surface area contributed by atoms with Crippen molar-refractivity contribution in [2.75, 3.05) is 6.54 Å². The van der Waals surface area contributed by atoms with Gasteiger partial charge in [0.15, 0.2) is 0 Å². The Hall–Kier alpha value is -0.370. The minimum Gasteiger partial charge on any atom is -0.330 e. The maximum absolute atomic E-state index is 10.4. The van der Waals surface area contributed by atoms with Crippen LogP contribution in [0.3, 0.4) is 0 Å². The molecular formula is C5H9NO. The van der Waals surface area contributed by atoms with Crippen molar-refractivity contribution in [3.05, 3.63) is 0 Å². The van der Waals surface area contributed by atoms with Gasteiger partial charge in [0.05, 0.1) is 0 Å². The summed E-state index contributed by atoms with van der Waals surface area (Å²) in [5.74, 6) is 0.572. The van der Waals surface area contributed by atoms with Gasteiger partial charge in [0.1, 0.15) is 5.78 Å². The normalized spacial score (nSPS) is 29.9. The van der Waals surface area contributed by atoms with Gasteiger partial charge in [-0.05, 0) is 6.42 Å². The van der Waals surface area contributed by atoms with E-state index in [1.807, 2.05) is 0 Å². The van der Waals surface area contributed by atoms with E-state index in [1.165, 1.54) is 0 Å². The Morgan fingerprint density at radius 3 is 2.57 bits per heavy atom. The number of carbonyl (C=O) groups excluding carboxylic acids is 1. The van der Waals surface area contributed by atoms with Crippen molar-refractivity contribution in [2.45, 2.75) is 12.8 Å². The minimum atomic E-state index is 0.222. The summed E-state index contributed by atoms with van der Waals surface area (Å²) in [4.78, 5) is 10.4. The van der Waals surface area contributed by atoms with Crippen LogP contribution in [0.15, 0.2) is 0 Å². The topological polar surface area (TPSA) is 43.1 Å². The third-order valence-electron chi connectivity index (χ3n) is 1.48. The summed E-state index contributed by atoms with van der Waals surface area (Å²) in [6.07, 6.45) is 1.79. The van der Waals surface area contributed by atoms with E-state index in [0.29, 0.717) is 12.3 Å². The molecule has 0 amide bonds. The largest absolute Gasteiger partial charge is 0.330 e. The maximum Gasteiger partial charge on any atom is 0.137 e. The number of carbonyl (C=O) groups is 1. The van der Waals surface area contributed by atoms with Gasteiger partial charge >= 0.3 is 0 Å². The molecule has 2 heteroatoms. The lowest BCUT2D eigenvalue weighted by atomic mass is 9.84. The Morgan fingerprint density at radius 2 is 2.57 bits per heavy atom. The molecule has 0 heterocycles. The second-order valence-corrected chi connectivity index (χ2v) is 1.94. The minimum absolute atomic E-state index is 0.222. The number of hydrogen-bond donors (Lipinski definition) is 1. The zero-order valence-electron chi connectivity index (χ0n) is 4.18. The van der Waals surface area contributed by atoms with Crippen molar-refractivity contribution in [3.63, 3.8) is 0 Å². The van der Waals surface area contributed by atoms with Gasteiger partial charge in [-0.25, -0.2) is 0 Å². The van der Waals surface area contributed by atoms with E-state index >= 15 is 0 Å². The molecule has 2 N–H and O–H groups in total. The molecule has 0 radical (unpaired) electrons. The van der Waals surface area contributed by atoms with E-state index in [-0.39, 0.29) is 5.92 Å². The summed E-state index contributed by atoms with van der Waals surface area (Å²) in [6.45, 7) is 0.554. The van der Waals surface area contributed by atoms with Gasteiger partial charge in [-0.3, -0.25) is 4.79 Å². The van der Waals surface area contributed by atoms with Crippen LogP contribution in [0.2, 0.25) is 0 Å². The molecule has 2 nitrogen and oxygen atoms in total. The fraction of sp³-hybridized carbons (Fsp3) is 0.800. The molecule has 0 aromatic rings. The summed E-state index contributed by atoms with van der Waals surface area (Å²) in [7, 11) is 0. The molecule has 1 rings (SSSR count). The van der Waals surface area contributed by atoms with Crippen LogP contribution in [-0.2, 0) is 4.79 Å². The maximum atomic E-state index is 10.4. The fourth-order valence-electron chi connectivity index (χ4n) is 0.716. The predicted molar refractivity (Wildman–Crippen MR) is 26.8 cm³/mol. The molecule has 1 saturated carbocycles. The van der Waals surface area contributed by atoms with Crippen LogP contribution >= 0.6 is 0 Å². The average Bonchev–Trinajstić information content (AvgIpc) is 1.65. The zero-order chi connectivity index (χ0) is 5.28. The molecule has 0 bridgehead atoms. The quantitative estimate of drug-likeness (QED) is 0.499. The van der Waals surface area contributed by atoms with Crippen molar-refractivity contribution in [1.29, 1.82) is 0 Å². The fourth-order valence-corrected chi connectivity index (χ4v) is 0.716. The Kier molecular flexibility index (Phi) is 1.11. The van der Waals surface area contributed by atoms with E-state index in [0.717, 1.165) is 12.8 Å². The standard InChI is InChI=1S/C5H9NO/c6-3-4-1-2-5(4)7/h4H,1-3,6H2. The molecule has 1 aliphatic carbocycles. The summed E-state index contributed by atoms with van der Waals surface area (Å²) >= 11 is 0. The molecular weight excluding hydrogens is 90.1 g/mol. The molecule has 1 unspecified atom stereocenters. The summed E-state index contributed by atoms with van der Waals surface area (Å²) in [5.41, 5.74) is 5.20. The van der Waals surface area contributed by atoms with Gasteiger partial charge in [0.25, 0.3) is 0 Å². The van der Waals surface area contributed by atoms with E-state index < -0.39 is 0 Å². The van der Waals surface area contributed by atoms with Crippen LogP contribution in [0.25, 0.3) is 0 Å². The molecule has 1 fully saturated rings. The Labute approximate surface area is 42.7 Å². The molecule has 7 heavy (non-hydrogen) atoms. The van der Waals surface area contributed by atoms with Crippen LogP contribution in [-0.4, -0.2) is 12.3 Å². The van der Waals surface area contributed by atoms with Crippen molar-refractivity contribution < 1.29 is 4.79 Å². The van der Waals surface area contributed by atoms with Crippen molar-refractivity contribution in [1.82, 2.24) is 0 Å². The highest BCUT2D eigenvalue weighted by Gasteiger charge is 2.25. The molecule has 0 aliphatic heterocycles. The van der Waals surface area contributed by atoms with Crippen LogP contribution < -0.4 is 5.73 Å². The molecule has 0 saturated heterocycles. The van der Waals surface area contributed by atoms with Gasteiger partial charge in [0, 0.05) is 18.9 Å². The molecule has 1 aliphatic rings. The van der Waals surface area contributed by atoms with Gasteiger partial charge in [-0.1, -0.05) is 0 Å². The smallest absolute Gasteiger partial charge is 0.137 e. The highest BCUT2D eigenvalue weighted by atomic mass is 16.1. The number of nitrogens with two attached hydrogens (primary N) is 1. The average molecular weight is 99.1 g/mol. The lowest BCUT2D eigenvalue weighted by molar-refractivity contribution is -0.128.